The van der Waals surface area contributed by atoms with Crippen molar-refractivity contribution in [3.63, 3.8) is 0 Å². The van der Waals surface area contributed by atoms with Crippen LogP contribution in [0.15, 0.2) is 23.3 Å². The smallest absolute Gasteiger partial charge is 0.260 e. The van der Waals surface area contributed by atoms with Crippen molar-refractivity contribution in [3.05, 3.63) is 23.8 Å². The van der Waals surface area contributed by atoms with Crippen LogP contribution in [0.5, 0.6) is 11.5 Å². The maximum Gasteiger partial charge on any atom is 0.260 e. The average Bonchev–Trinajstić information content (AvgIpc) is 2.79. The molecule has 1 aliphatic heterocycles. The lowest BCUT2D eigenvalue weighted by Crippen LogP contribution is -2.43. The van der Waals surface area contributed by atoms with E-state index in [-0.39, 0.29) is 12.5 Å². The SMILES string of the molecule is COc1cc(/C=N/NC(=S)NC2CCCCC2)ccc1OCC(=O)N1CCOCC1. The van der Waals surface area contributed by atoms with Crippen LogP contribution in [-0.2, 0) is 9.53 Å². The van der Waals surface area contributed by atoms with Gasteiger partial charge in [0.1, 0.15) is 0 Å². The number of nitrogens with zero attached hydrogens (tertiary/aromatic N) is 2. The van der Waals surface area contributed by atoms with Crippen LogP contribution in [0, 0.1) is 0 Å². The van der Waals surface area contributed by atoms with Crippen molar-refractivity contribution in [1.82, 2.24) is 15.6 Å². The van der Waals surface area contributed by atoms with E-state index in [1.165, 1.54) is 19.3 Å². The van der Waals surface area contributed by atoms with Gasteiger partial charge in [0.25, 0.3) is 5.91 Å². The molecule has 1 aliphatic carbocycles. The molecule has 0 spiro atoms. The second-order valence-corrected chi connectivity index (χ2v) is 7.78. The van der Waals surface area contributed by atoms with Crippen LogP contribution in [0.25, 0.3) is 0 Å². The number of carbonyl (C=O) groups excluding carboxylic acids is 1. The summed E-state index contributed by atoms with van der Waals surface area (Å²) in [5, 5.41) is 8.04. The Kier molecular flexibility index (Phi) is 8.70. The van der Waals surface area contributed by atoms with Gasteiger partial charge in [0.2, 0.25) is 0 Å². The van der Waals surface area contributed by atoms with Crippen molar-refractivity contribution < 1.29 is 19.0 Å². The molecular formula is C21H30N4O4S. The Morgan fingerprint density at radius 3 is 2.77 bits per heavy atom. The molecule has 1 amide bonds. The predicted molar refractivity (Wildman–Crippen MR) is 119 cm³/mol. The molecule has 1 aromatic rings. The number of hydrogen-bond acceptors (Lipinski definition) is 6. The molecule has 0 aromatic heterocycles. The number of rotatable bonds is 7. The normalized spacial score (nSPS) is 17.6. The fourth-order valence-corrected chi connectivity index (χ4v) is 3.78. The Morgan fingerprint density at radius 1 is 1.27 bits per heavy atom. The molecule has 2 fully saturated rings. The third-order valence-corrected chi connectivity index (χ3v) is 5.43. The van der Waals surface area contributed by atoms with Gasteiger partial charge < -0.3 is 24.4 Å². The van der Waals surface area contributed by atoms with Gasteiger partial charge in [-0.25, -0.2) is 0 Å². The lowest BCUT2D eigenvalue weighted by Gasteiger charge is -2.26. The van der Waals surface area contributed by atoms with Crippen molar-refractivity contribution >= 4 is 29.5 Å². The number of morpholine rings is 1. The number of carbonyl (C=O) groups is 1. The minimum Gasteiger partial charge on any atom is -0.493 e. The van der Waals surface area contributed by atoms with E-state index in [2.05, 4.69) is 15.8 Å². The van der Waals surface area contributed by atoms with E-state index < -0.39 is 0 Å². The van der Waals surface area contributed by atoms with Crippen LogP contribution in [0.4, 0.5) is 0 Å². The van der Waals surface area contributed by atoms with Crippen molar-refractivity contribution in [2.75, 3.05) is 40.0 Å². The molecule has 2 N–H and O–H groups in total. The van der Waals surface area contributed by atoms with Crippen LogP contribution >= 0.6 is 12.2 Å². The molecule has 8 nitrogen and oxygen atoms in total. The molecule has 1 saturated carbocycles. The summed E-state index contributed by atoms with van der Waals surface area (Å²) in [4.78, 5) is 14.0. The summed E-state index contributed by atoms with van der Waals surface area (Å²) in [6, 6.07) is 5.86. The van der Waals surface area contributed by atoms with Gasteiger partial charge >= 0.3 is 0 Å². The van der Waals surface area contributed by atoms with E-state index in [1.54, 1.807) is 30.4 Å². The summed E-state index contributed by atoms with van der Waals surface area (Å²) in [6.07, 6.45) is 7.77. The summed E-state index contributed by atoms with van der Waals surface area (Å²) >= 11 is 5.31. The predicted octanol–water partition coefficient (Wildman–Crippen LogP) is 2.06. The zero-order chi connectivity index (χ0) is 21.2. The lowest BCUT2D eigenvalue weighted by atomic mass is 9.96. The van der Waals surface area contributed by atoms with E-state index in [0.29, 0.717) is 49.0 Å². The molecule has 0 radical (unpaired) electrons. The molecule has 1 aromatic carbocycles. The first-order valence-corrected chi connectivity index (χ1v) is 10.8. The van der Waals surface area contributed by atoms with Gasteiger partial charge in [0.15, 0.2) is 23.2 Å². The number of methoxy groups -OCH3 is 1. The van der Waals surface area contributed by atoms with E-state index >= 15 is 0 Å². The Labute approximate surface area is 182 Å². The maximum absolute atomic E-state index is 12.2. The quantitative estimate of drug-likeness (QED) is 0.386. The number of hydrazone groups is 1. The Morgan fingerprint density at radius 2 is 2.03 bits per heavy atom. The van der Waals surface area contributed by atoms with Crippen molar-refractivity contribution in [2.45, 2.75) is 38.1 Å². The third kappa shape index (κ3) is 6.84. The number of amides is 1. The van der Waals surface area contributed by atoms with Crippen LogP contribution in [-0.4, -0.2) is 68.2 Å². The van der Waals surface area contributed by atoms with Gasteiger partial charge in [-0.2, -0.15) is 5.10 Å². The van der Waals surface area contributed by atoms with Crippen molar-refractivity contribution in [1.29, 1.82) is 0 Å². The van der Waals surface area contributed by atoms with Crippen LogP contribution in [0.2, 0.25) is 0 Å². The molecule has 164 valence electrons. The topological polar surface area (TPSA) is 84.4 Å². The van der Waals surface area contributed by atoms with Gasteiger partial charge in [-0.05, 0) is 48.8 Å². The van der Waals surface area contributed by atoms with Gasteiger partial charge in [0.05, 0.1) is 26.5 Å². The van der Waals surface area contributed by atoms with E-state index in [4.69, 9.17) is 26.4 Å². The van der Waals surface area contributed by atoms with E-state index in [9.17, 15) is 4.79 Å². The molecule has 1 saturated heterocycles. The molecule has 30 heavy (non-hydrogen) atoms. The fourth-order valence-electron chi connectivity index (χ4n) is 3.56. The van der Waals surface area contributed by atoms with Gasteiger partial charge in [-0.15, -0.1) is 0 Å². The first kappa shape index (κ1) is 22.3. The average molecular weight is 435 g/mol. The third-order valence-electron chi connectivity index (χ3n) is 5.22. The second-order valence-electron chi connectivity index (χ2n) is 7.37. The number of hydrogen-bond donors (Lipinski definition) is 2. The summed E-state index contributed by atoms with van der Waals surface area (Å²) in [5.74, 6) is 0.990. The molecule has 1 heterocycles. The fraction of sp³-hybridized carbons (Fsp3) is 0.571. The zero-order valence-electron chi connectivity index (χ0n) is 17.4. The van der Waals surface area contributed by atoms with Crippen LogP contribution in [0.3, 0.4) is 0 Å². The van der Waals surface area contributed by atoms with Gasteiger partial charge in [-0.3, -0.25) is 10.2 Å². The van der Waals surface area contributed by atoms with Crippen LogP contribution < -0.4 is 20.2 Å². The molecule has 0 unspecified atom stereocenters. The van der Waals surface area contributed by atoms with E-state index in [1.807, 2.05) is 6.07 Å². The maximum atomic E-state index is 12.2. The molecule has 9 heteroatoms. The standard InChI is InChI=1S/C21H30N4O4S/c1-27-19-13-16(14-22-24-21(30)23-17-5-3-2-4-6-17)7-8-18(19)29-15-20(26)25-9-11-28-12-10-25/h7-8,13-14,17H,2-6,9-12,15H2,1H3,(H2,23,24,30)/b22-14+. The second kappa shape index (κ2) is 11.7. The molecular weight excluding hydrogens is 404 g/mol. The van der Waals surface area contributed by atoms with Gasteiger partial charge in [-0.1, -0.05) is 19.3 Å². The Bertz CT molecular complexity index is 747. The largest absolute Gasteiger partial charge is 0.493 e. The number of benzene rings is 1. The minimum absolute atomic E-state index is 0.0353. The summed E-state index contributed by atoms with van der Waals surface area (Å²) in [7, 11) is 1.56. The molecule has 2 aliphatic rings. The minimum atomic E-state index is -0.0610. The first-order chi connectivity index (χ1) is 14.7. The summed E-state index contributed by atoms with van der Waals surface area (Å²) in [6.45, 7) is 2.29. The van der Waals surface area contributed by atoms with Crippen molar-refractivity contribution in [3.8, 4) is 11.5 Å². The summed E-state index contributed by atoms with van der Waals surface area (Å²) < 4.78 is 16.3. The monoisotopic (exact) mass is 434 g/mol. The number of ether oxygens (including phenoxy) is 3. The van der Waals surface area contributed by atoms with Gasteiger partial charge in [0, 0.05) is 19.1 Å². The highest BCUT2D eigenvalue weighted by atomic mass is 32.1. The Hall–Kier alpha value is -2.39. The molecule has 0 bridgehead atoms. The molecule has 3 rings (SSSR count). The summed E-state index contributed by atoms with van der Waals surface area (Å²) in [5.41, 5.74) is 3.69. The Balaban J connectivity index is 1.48. The zero-order valence-corrected chi connectivity index (χ0v) is 18.2. The number of thiocarbonyl (C=S) groups is 1. The lowest BCUT2D eigenvalue weighted by molar-refractivity contribution is -0.137. The highest BCUT2D eigenvalue weighted by Gasteiger charge is 2.18. The highest BCUT2D eigenvalue weighted by molar-refractivity contribution is 7.80. The van der Waals surface area contributed by atoms with Crippen LogP contribution in [0.1, 0.15) is 37.7 Å². The highest BCUT2D eigenvalue weighted by Crippen LogP contribution is 2.27. The van der Waals surface area contributed by atoms with E-state index in [0.717, 1.165) is 18.4 Å². The molecule has 0 atom stereocenters. The number of nitrogens with one attached hydrogen (secondary N) is 2. The van der Waals surface area contributed by atoms with Crippen molar-refractivity contribution in [2.24, 2.45) is 5.10 Å². The first-order valence-electron chi connectivity index (χ1n) is 10.4.